The Labute approximate surface area is 130 Å². The van der Waals surface area contributed by atoms with Crippen LogP contribution in [0.25, 0.3) is 10.9 Å². The zero-order valence-corrected chi connectivity index (χ0v) is 12.8. The predicted molar refractivity (Wildman–Crippen MR) is 85.8 cm³/mol. The van der Waals surface area contributed by atoms with Crippen molar-refractivity contribution in [2.45, 2.75) is 19.6 Å². The molecule has 0 bridgehead atoms. The summed E-state index contributed by atoms with van der Waals surface area (Å²) in [7, 11) is 0. The normalized spacial score (nSPS) is 17.5. The summed E-state index contributed by atoms with van der Waals surface area (Å²) in [5.74, 6) is 1.59. The number of ether oxygens (including phenoxy) is 1. The van der Waals surface area contributed by atoms with Crippen LogP contribution < -0.4 is 5.32 Å². The van der Waals surface area contributed by atoms with Crippen molar-refractivity contribution >= 4 is 16.7 Å². The second kappa shape index (κ2) is 7.00. The molecule has 0 aliphatic carbocycles. The third-order valence-electron chi connectivity index (χ3n) is 3.68. The largest absolute Gasteiger partial charge is 0.392 e. The van der Waals surface area contributed by atoms with Crippen LogP contribution in [-0.4, -0.2) is 58.9 Å². The van der Waals surface area contributed by atoms with E-state index in [1.807, 2.05) is 24.3 Å². The molecule has 1 aromatic carbocycles. The number of nitrogens with zero attached hydrogens (tertiary/aromatic N) is 3. The third kappa shape index (κ3) is 3.71. The molecular formula is C16H22N4O2. The van der Waals surface area contributed by atoms with Gasteiger partial charge in [-0.25, -0.2) is 9.97 Å². The van der Waals surface area contributed by atoms with Gasteiger partial charge in [0.25, 0.3) is 0 Å². The molecule has 1 aliphatic rings. The van der Waals surface area contributed by atoms with Crippen molar-refractivity contribution in [3.63, 3.8) is 0 Å². The molecule has 2 N–H and O–H groups in total. The highest BCUT2D eigenvalue weighted by Gasteiger charge is 2.14. The number of rotatable bonds is 5. The molecule has 1 aliphatic heterocycles. The van der Waals surface area contributed by atoms with Crippen molar-refractivity contribution in [3.05, 3.63) is 30.1 Å². The van der Waals surface area contributed by atoms with Crippen molar-refractivity contribution in [2.24, 2.45) is 0 Å². The Kier molecular flexibility index (Phi) is 4.82. The van der Waals surface area contributed by atoms with E-state index in [4.69, 9.17) is 4.74 Å². The van der Waals surface area contributed by atoms with Crippen LogP contribution in [0.5, 0.6) is 0 Å². The molecule has 1 unspecified atom stereocenters. The average Bonchev–Trinajstić information content (AvgIpc) is 2.53. The van der Waals surface area contributed by atoms with Crippen molar-refractivity contribution in [1.29, 1.82) is 0 Å². The van der Waals surface area contributed by atoms with Crippen LogP contribution >= 0.6 is 0 Å². The fourth-order valence-electron chi connectivity index (χ4n) is 2.53. The van der Waals surface area contributed by atoms with E-state index in [2.05, 4.69) is 20.2 Å². The fourth-order valence-corrected chi connectivity index (χ4v) is 2.53. The Bertz CT molecular complexity index is 627. The summed E-state index contributed by atoms with van der Waals surface area (Å²) in [6, 6.07) is 7.94. The second-order valence-corrected chi connectivity index (χ2v) is 5.62. The van der Waals surface area contributed by atoms with Crippen LogP contribution in [-0.2, 0) is 11.3 Å². The number of aromatic nitrogens is 2. The zero-order chi connectivity index (χ0) is 15.4. The minimum atomic E-state index is -0.420. The van der Waals surface area contributed by atoms with Crippen LogP contribution in [0.3, 0.4) is 0 Å². The van der Waals surface area contributed by atoms with Gasteiger partial charge in [-0.3, -0.25) is 4.90 Å². The van der Waals surface area contributed by atoms with E-state index in [1.54, 1.807) is 6.92 Å². The van der Waals surface area contributed by atoms with Crippen LogP contribution in [0.2, 0.25) is 0 Å². The van der Waals surface area contributed by atoms with Gasteiger partial charge in [-0.15, -0.1) is 0 Å². The number of aliphatic hydroxyl groups is 1. The molecule has 0 radical (unpaired) electrons. The number of anilines is 1. The monoisotopic (exact) mass is 302 g/mol. The molecule has 1 fully saturated rings. The molecule has 2 aromatic rings. The molecule has 3 rings (SSSR count). The first-order chi connectivity index (χ1) is 10.7. The Hall–Kier alpha value is -1.76. The molecule has 0 spiro atoms. The number of nitrogens with one attached hydrogen (secondary N) is 1. The van der Waals surface area contributed by atoms with Crippen molar-refractivity contribution in [3.8, 4) is 0 Å². The lowest BCUT2D eigenvalue weighted by Crippen LogP contribution is -2.36. The molecular weight excluding hydrogens is 280 g/mol. The van der Waals surface area contributed by atoms with E-state index in [-0.39, 0.29) is 0 Å². The first-order valence-corrected chi connectivity index (χ1v) is 7.70. The topological polar surface area (TPSA) is 70.5 Å². The molecule has 1 saturated heterocycles. The van der Waals surface area contributed by atoms with E-state index in [9.17, 15) is 5.11 Å². The molecule has 22 heavy (non-hydrogen) atoms. The molecule has 6 nitrogen and oxygen atoms in total. The van der Waals surface area contributed by atoms with Gasteiger partial charge in [0, 0.05) is 25.0 Å². The van der Waals surface area contributed by atoms with Crippen molar-refractivity contribution in [1.82, 2.24) is 14.9 Å². The van der Waals surface area contributed by atoms with Gasteiger partial charge in [0.2, 0.25) is 0 Å². The number of aliphatic hydroxyl groups excluding tert-OH is 1. The summed E-state index contributed by atoms with van der Waals surface area (Å²) in [6.07, 6.45) is -0.420. The molecule has 1 atom stereocenters. The van der Waals surface area contributed by atoms with Crippen molar-refractivity contribution < 1.29 is 9.84 Å². The number of morpholine rings is 1. The van der Waals surface area contributed by atoms with Crippen LogP contribution in [0.4, 0.5) is 5.82 Å². The standard InChI is InChI=1S/C16H22N4O2/c1-12(21)10-17-16-13-4-2-3-5-14(13)18-15(19-16)11-20-6-8-22-9-7-20/h2-5,12,21H,6-11H2,1H3,(H,17,18,19). The summed E-state index contributed by atoms with van der Waals surface area (Å²) in [5.41, 5.74) is 0.925. The number of hydrogen-bond donors (Lipinski definition) is 2. The smallest absolute Gasteiger partial charge is 0.145 e. The van der Waals surface area contributed by atoms with Crippen LogP contribution in [0, 0.1) is 0 Å². The maximum atomic E-state index is 9.49. The lowest BCUT2D eigenvalue weighted by Gasteiger charge is -2.26. The van der Waals surface area contributed by atoms with E-state index in [0.717, 1.165) is 55.4 Å². The van der Waals surface area contributed by atoms with Gasteiger partial charge in [0.05, 0.1) is 31.4 Å². The maximum Gasteiger partial charge on any atom is 0.145 e. The highest BCUT2D eigenvalue weighted by Crippen LogP contribution is 2.20. The average molecular weight is 302 g/mol. The molecule has 2 heterocycles. The van der Waals surface area contributed by atoms with Gasteiger partial charge in [0.1, 0.15) is 11.6 Å². The highest BCUT2D eigenvalue weighted by molar-refractivity contribution is 5.88. The van der Waals surface area contributed by atoms with Gasteiger partial charge in [-0.1, -0.05) is 12.1 Å². The predicted octanol–water partition coefficient (Wildman–Crippen LogP) is 1.25. The van der Waals surface area contributed by atoms with E-state index in [1.165, 1.54) is 0 Å². The van der Waals surface area contributed by atoms with Gasteiger partial charge in [-0.2, -0.15) is 0 Å². The quantitative estimate of drug-likeness (QED) is 0.866. The van der Waals surface area contributed by atoms with E-state index < -0.39 is 6.10 Å². The molecule has 1 aromatic heterocycles. The Balaban J connectivity index is 1.86. The van der Waals surface area contributed by atoms with Crippen LogP contribution in [0.15, 0.2) is 24.3 Å². The second-order valence-electron chi connectivity index (χ2n) is 5.62. The first-order valence-electron chi connectivity index (χ1n) is 7.70. The maximum absolute atomic E-state index is 9.49. The van der Waals surface area contributed by atoms with Crippen molar-refractivity contribution in [2.75, 3.05) is 38.2 Å². The summed E-state index contributed by atoms with van der Waals surface area (Å²) in [5, 5.41) is 13.7. The third-order valence-corrected chi connectivity index (χ3v) is 3.68. The number of fused-ring (bicyclic) bond motifs is 1. The lowest BCUT2D eigenvalue weighted by molar-refractivity contribution is 0.0331. The van der Waals surface area contributed by atoms with E-state index in [0.29, 0.717) is 6.54 Å². The summed E-state index contributed by atoms with van der Waals surface area (Å²) >= 11 is 0. The minimum Gasteiger partial charge on any atom is -0.392 e. The summed E-state index contributed by atoms with van der Waals surface area (Å²) in [4.78, 5) is 11.6. The number of hydrogen-bond acceptors (Lipinski definition) is 6. The number of benzene rings is 1. The SMILES string of the molecule is CC(O)CNc1nc(CN2CCOCC2)nc2ccccc12. The zero-order valence-electron chi connectivity index (χ0n) is 12.8. The minimum absolute atomic E-state index is 0.420. The van der Waals surface area contributed by atoms with E-state index >= 15 is 0 Å². The Morgan fingerprint density at radius 2 is 2.05 bits per heavy atom. The molecule has 0 amide bonds. The first kappa shape index (κ1) is 15.1. The molecule has 118 valence electrons. The van der Waals surface area contributed by atoms with Gasteiger partial charge >= 0.3 is 0 Å². The van der Waals surface area contributed by atoms with Gasteiger partial charge in [0.15, 0.2) is 0 Å². The van der Waals surface area contributed by atoms with Gasteiger partial charge in [-0.05, 0) is 19.1 Å². The Morgan fingerprint density at radius 1 is 1.27 bits per heavy atom. The van der Waals surface area contributed by atoms with Gasteiger partial charge < -0.3 is 15.2 Å². The summed E-state index contributed by atoms with van der Waals surface area (Å²) in [6.45, 7) is 6.29. The Morgan fingerprint density at radius 3 is 2.82 bits per heavy atom. The summed E-state index contributed by atoms with van der Waals surface area (Å²) < 4.78 is 5.37. The number of para-hydroxylation sites is 1. The lowest BCUT2D eigenvalue weighted by atomic mass is 10.2. The molecule has 6 heteroatoms. The molecule has 0 saturated carbocycles. The fraction of sp³-hybridized carbons (Fsp3) is 0.500. The van der Waals surface area contributed by atoms with Crippen LogP contribution in [0.1, 0.15) is 12.7 Å². The highest BCUT2D eigenvalue weighted by atomic mass is 16.5.